The van der Waals surface area contributed by atoms with Crippen LogP contribution in [0.25, 0.3) is 0 Å². The molecule has 2 aliphatic rings. The number of hydrogen-bond acceptors (Lipinski definition) is 6. The van der Waals surface area contributed by atoms with Crippen LogP contribution in [0.3, 0.4) is 0 Å². The number of nitrogens with zero attached hydrogens (tertiary/aromatic N) is 5. The monoisotopic (exact) mass is 426 g/mol. The van der Waals surface area contributed by atoms with E-state index in [0.29, 0.717) is 43.7 Å². The average molecular weight is 426 g/mol. The molecule has 3 heterocycles. The van der Waals surface area contributed by atoms with Crippen molar-refractivity contribution < 1.29 is 19.1 Å². The molecule has 10 nitrogen and oxygen atoms in total. The quantitative estimate of drug-likeness (QED) is 0.729. The van der Waals surface area contributed by atoms with Crippen molar-refractivity contribution >= 4 is 23.6 Å². The van der Waals surface area contributed by atoms with Crippen LogP contribution in [-0.2, 0) is 29.0 Å². The lowest BCUT2D eigenvalue weighted by Crippen LogP contribution is -2.41. The Morgan fingerprint density at radius 2 is 1.77 bits per heavy atom. The Morgan fingerprint density at radius 3 is 2.48 bits per heavy atom. The Balaban J connectivity index is 1.35. The van der Waals surface area contributed by atoms with Gasteiger partial charge in [0.25, 0.3) is 0 Å². The molecule has 0 saturated carbocycles. The first-order valence-corrected chi connectivity index (χ1v) is 10.5. The smallest absolute Gasteiger partial charge is 0.337 e. The van der Waals surface area contributed by atoms with Gasteiger partial charge >= 0.3 is 12.0 Å². The molecule has 0 aliphatic carbocycles. The number of nitrogens with one attached hydrogen (secondary N) is 1. The van der Waals surface area contributed by atoms with Crippen molar-refractivity contribution in [1.29, 1.82) is 0 Å². The summed E-state index contributed by atoms with van der Waals surface area (Å²) in [5.74, 6) is -0.273. The number of esters is 1. The number of benzene rings is 1. The predicted octanol–water partition coefficient (Wildman–Crippen LogP) is 1.67. The van der Waals surface area contributed by atoms with Gasteiger partial charge in [-0.15, -0.1) is 5.10 Å². The molecule has 10 heteroatoms. The summed E-state index contributed by atoms with van der Waals surface area (Å²) in [6, 6.07) is 6.29. The van der Waals surface area contributed by atoms with Gasteiger partial charge in [0.2, 0.25) is 5.91 Å². The molecular formula is C21H26N6O4. The number of rotatable bonds is 5. The lowest BCUT2D eigenvalue weighted by atomic mass is 10.1. The zero-order valence-electron chi connectivity index (χ0n) is 17.5. The van der Waals surface area contributed by atoms with Crippen LogP contribution in [0.1, 0.15) is 41.0 Å². The number of ether oxygens (including phenoxy) is 1. The molecule has 1 N–H and O–H groups in total. The third kappa shape index (κ3) is 4.68. The van der Waals surface area contributed by atoms with E-state index < -0.39 is 5.97 Å². The summed E-state index contributed by atoms with van der Waals surface area (Å²) < 4.78 is 6.49. The minimum atomic E-state index is -0.426. The maximum atomic E-state index is 12.7. The van der Waals surface area contributed by atoms with Gasteiger partial charge < -0.3 is 19.9 Å². The van der Waals surface area contributed by atoms with Crippen molar-refractivity contribution in [3.63, 3.8) is 0 Å². The Hall–Kier alpha value is -3.43. The van der Waals surface area contributed by atoms with Crippen molar-refractivity contribution in [2.75, 3.05) is 32.1 Å². The fourth-order valence-electron chi connectivity index (χ4n) is 3.92. The zero-order valence-corrected chi connectivity index (χ0v) is 17.5. The fraction of sp³-hybridized carbons (Fsp3) is 0.476. The minimum Gasteiger partial charge on any atom is -0.465 e. The number of hydrogen-bond donors (Lipinski definition) is 1. The van der Waals surface area contributed by atoms with Crippen molar-refractivity contribution in [2.24, 2.45) is 0 Å². The number of amides is 3. The van der Waals surface area contributed by atoms with Gasteiger partial charge in [-0.05, 0) is 37.1 Å². The van der Waals surface area contributed by atoms with Crippen molar-refractivity contribution in [2.45, 2.75) is 38.8 Å². The highest BCUT2D eigenvalue weighted by Gasteiger charge is 2.26. The van der Waals surface area contributed by atoms with Crippen LogP contribution in [-0.4, -0.2) is 69.4 Å². The van der Waals surface area contributed by atoms with Crippen molar-refractivity contribution in [3.8, 4) is 0 Å². The van der Waals surface area contributed by atoms with Crippen LogP contribution >= 0.6 is 0 Å². The SMILES string of the molecule is COC(=O)c1ccc(NC(=O)N2CCn3nnc(CCC(=O)N4CCCC4)c3C2)cc1. The third-order valence-corrected chi connectivity index (χ3v) is 5.72. The standard InChI is InChI=1S/C21H26N6O4/c1-31-20(29)15-4-6-16(7-5-15)22-21(30)26-12-13-27-18(14-26)17(23-24-27)8-9-19(28)25-10-2-3-11-25/h4-7H,2-3,8-14H2,1H3,(H,22,30). The molecular weight excluding hydrogens is 400 g/mol. The van der Waals surface area contributed by atoms with Gasteiger partial charge in [0, 0.05) is 38.2 Å². The molecule has 31 heavy (non-hydrogen) atoms. The van der Waals surface area contributed by atoms with Gasteiger partial charge in [-0.2, -0.15) is 0 Å². The summed E-state index contributed by atoms with van der Waals surface area (Å²) in [5.41, 5.74) is 2.65. The molecule has 164 valence electrons. The van der Waals surface area contributed by atoms with Gasteiger partial charge in [-0.1, -0.05) is 5.21 Å². The second-order valence-electron chi connectivity index (χ2n) is 7.71. The predicted molar refractivity (Wildman–Crippen MR) is 111 cm³/mol. The van der Waals surface area contributed by atoms with E-state index in [1.54, 1.807) is 29.2 Å². The van der Waals surface area contributed by atoms with Gasteiger partial charge in [0.05, 0.1) is 37.2 Å². The molecule has 4 rings (SSSR count). The number of aryl methyl sites for hydroxylation is 1. The van der Waals surface area contributed by atoms with E-state index in [1.807, 2.05) is 9.58 Å². The molecule has 0 unspecified atom stereocenters. The summed E-state index contributed by atoms with van der Waals surface area (Å²) in [5, 5.41) is 11.3. The molecule has 0 atom stereocenters. The first-order chi connectivity index (χ1) is 15.0. The fourth-order valence-corrected chi connectivity index (χ4v) is 3.92. The summed E-state index contributed by atoms with van der Waals surface area (Å²) in [7, 11) is 1.32. The van der Waals surface area contributed by atoms with E-state index in [0.717, 1.165) is 37.3 Å². The molecule has 0 bridgehead atoms. The van der Waals surface area contributed by atoms with Gasteiger partial charge in [0.15, 0.2) is 0 Å². The number of methoxy groups -OCH3 is 1. The summed E-state index contributed by atoms with van der Waals surface area (Å²) in [6.45, 7) is 3.12. The highest BCUT2D eigenvalue weighted by Crippen LogP contribution is 2.19. The lowest BCUT2D eigenvalue weighted by Gasteiger charge is -2.28. The molecule has 2 aliphatic heterocycles. The van der Waals surface area contributed by atoms with Gasteiger partial charge in [-0.3, -0.25) is 4.79 Å². The Bertz CT molecular complexity index is 965. The Morgan fingerprint density at radius 1 is 1.03 bits per heavy atom. The summed E-state index contributed by atoms with van der Waals surface area (Å²) >= 11 is 0. The number of carbonyl (C=O) groups excluding carboxylic acids is 3. The molecule has 3 amide bonds. The Kier molecular flexibility index (Phi) is 6.15. The molecule has 0 radical (unpaired) electrons. The van der Waals surface area contributed by atoms with Crippen LogP contribution < -0.4 is 5.32 Å². The zero-order chi connectivity index (χ0) is 21.8. The highest BCUT2D eigenvalue weighted by molar-refractivity contribution is 5.92. The van der Waals surface area contributed by atoms with E-state index in [9.17, 15) is 14.4 Å². The molecule has 2 aromatic rings. The lowest BCUT2D eigenvalue weighted by molar-refractivity contribution is -0.130. The first kappa shape index (κ1) is 20.8. The largest absolute Gasteiger partial charge is 0.465 e. The summed E-state index contributed by atoms with van der Waals surface area (Å²) in [6.07, 6.45) is 3.07. The number of anilines is 1. The van der Waals surface area contributed by atoms with Crippen LogP contribution in [0, 0.1) is 0 Å². The van der Waals surface area contributed by atoms with Crippen LogP contribution in [0.15, 0.2) is 24.3 Å². The molecule has 1 aromatic carbocycles. The van der Waals surface area contributed by atoms with E-state index >= 15 is 0 Å². The summed E-state index contributed by atoms with van der Waals surface area (Å²) in [4.78, 5) is 40.2. The number of carbonyl (C=O) groups is 3. The van der Waals surface area contributed by atoms with Crippen LogP contribution in [0.5, 0.6) is 0 Å². The normalized spacial score (nSPS) is 15.5. The third-order valence-electron chi connectivity index (χ3n) is 5.72. The van der Waals surface area contributed by atoms with E-state index in [-0.39, 0.29) is 11.9 Å². The van der Waals surface area contributed by atoms with Crippen molar-refractivity contribution in [3.05, 3.63) is 41.2 Å². The maximum Gasteiger partial charge on any atom is 0.337 e. The molecule has 1 aromatic heterocycles. The van der Waals surface area contributed by atoms with Gasteiger partial charge in [-0.25, -0.2) is 14.3 Å². The van der Waals surface area contributed by atoms with E-state index in [2.05, 4.69) is 20.4 Å². The second kappa shape index (κ2) is 9.15. The molecule has 1 fully saturated rings. The number of likely N-dealkylation sites (tertiary alicyclic amines) is 1. The second-order valence-corrected chi connectivity index (χ2v) is 7.71. The number of urea groups is 1. The van der Waals surface area contributed by atoms with Crippen LogP contribution in [0.4, 0.5) is 10.5 Å². The first-order valence-electron chi connectivity index (χ1n) is 10.5. The highest BCUT2D eigenvalue weighted by atomic mass is 16.5. The number of aromatic nitrogens is 3. The van der Waals surface area contributed by atoms with Gasteiger partial charge in [0.1, 0.15) is 0 Å². The van der Waals surface area contributed by atoms with E-state index in [1.165, 1.54) is 7.11 Å². The molecule has 0 spiro atoms. The minimum absolute atomic E-state index is 0.153. The van der Waals surface area contributed by atoms with E-state index in [4.69, 9.17) is 0 Å². The topological polar surface area (TPSA) is 110 Å². The van der Waals surface area contributed by atoms with Crippen LogP contribution in [0.2, 0.25) is 0 Å². The maximum absolute atomic E-state index is 12.7. The molecule has 1 saturated heterocycles. The average Bonchev–Trinajstić information content (AvgIpc) is 3.47. The Labute approximate surface area is 180 Å². The number of fused-ring (bicyclic) bond motifs is 1. The van der Waals surface area contributed by atoms with Crippen molar-refractivity contribution in [1.82, 2.24) is 24.8 Å².